The summed E-state index contributed by atoms with van der Waals surface area (Å²) in [5.41, 5.74) is -0.549. The van der Waals surface area contributed by atoms with Crippen molar-refractivity contribution in [3.05, 3.63) is 35.8 Å². The van der Waals surface area contributed by atoms with Crippen molar-refractivity contribution in [2.75, 3.05) is 7.05 Å². The van der Waals surface area contributed by atoms with Gasteiger partial charge < -0.3 is 5.32 Å². The van der Waals surface area contributed by atoms with Crippen LogP contribution < -0.4 is 5.32 Å². The van der Waals surface area contributed by atoms with Crippen LogP contribution in [0.25, 0.3) is 10.9 Å². The van der Waals surface area contributed by atoms with E-state index >= 15 is 0 Å². The monoisotopic (exact) mass is 210 g/mol. The third kappa shape index (κ3) is 1.27. The number of benzene rings is 1. The molecule has 78 valence electrons. The number of nitrogens with one attached hydrogen (secondary N) is 1. The smallest absolute Gasteiger partial charge is 0.273 e. The van der Waals surface area contributed by atoms with Gasteiger partial charge in [-0.2, -0.15) is 4.79 Å². The van der Waals surface area contributed by atoms with Gasteiger partial charge in [-0.15, -0.1) is 0 Å². The molecule has 0 aliphatic heterocycles. The van der Waals surface area contributed by atoms with Gasteiger partial charge >= 0.3 is 0 Å². The topological polar surface area (TPSA) is 34.0 Å². The number of rotatable bonds is 1. The molecule has 5 heteroatoms. The Balaban J connectivity index is 2.81. The van der Waals surface area contributed by atoms with Crippen molar-refractivity contribution < 1.29 is 13.7 Å². The zero-order valence-corrected chi connectivity index (χ0v) is 7.92. The van der Waals surface area contributed by atoms with Gasteiger partial charge in [-0.3, -0.25) is 4.79 Å². The highest BCUT2D eigenvalue weighted by Crippen LogP contribution is 2.24. The van der Waals surface area contributed by atoms with E-state index in [4.69, 9.17) is 0 Å². The number of hydrogen-bond donors (Lipinski definition) is 1. The highest BCUT2D eigenvalue weighted by atomic mass is 19.2. The molecule has 0 aliphatic rings. The molecular weight excluding hydrogens is 202 g/mol. The first-order chi connectivity index (χ1) is 7.16. The van der Waals surface area contributed by atoms with E-state index in [2.05, 4.69) is 5.32 Å². The third-order valence-corrected chi connectivity index (χ3v) is 2.20. The maximum absolute atomic E-state index is 13.6. The standard InChI is InChI=1S/C10H8F2N2O/c1-13-10(15)9-8(11)6-4-2-3-5-7(6)14(9)12/h2-5H,1H3,(H,13,15). The zero-order chi connectivity index (χ0) is 11.0. The number of halogens is 2. The van der Waals surface area contributed by atoms with E-state index in [0.717, 1.165) is 0 Å². The van der Waals surface area contributed by atoms with Crippen molar-refractivity contribution in [3.63, 3.8) is 0 Å². The molecule has 2 rings (SSSR count). The quantitative estimate of drug-likeness (QED) is 0.766. The van der Waals surface area contributed by atoms with E-state index in [1.54, 1.807) is 12.1 Å². The van der Waals surface area contributed by atoms with Gasteiger partial charge in [0.1, 0.15) is 0 Å². The molecule has 0 saturated carbocycles. The maximum atomic E-state index is 13.6. The average Bonchev–Trinajstić information content (AvgIpc) is 2.52. The molecule has 1 heterocycles. The van der Waals surface area contributed by atoms with Crippen molar-refractivity contribution in [1.82, 2.24) is 10.1 Å². The summed E-state index contributed by atoms with van der Waals surface area (Å²) in [6, 6.07) is 5.99. The number of hydrogen-bond acceptors (Lipinski definition) is 1. The normalized spacial score (nSPS) is 10.6. The lowest BCUT2D eigenvalue weighted by Gasteiger charge is -1.97. The number of nitrogens with zero attached hydrogens (tertiary/aromatic N) is 1. The Hall–Kier alpha value is -1.91. The van der Waals surface area contributed by atoms with Crippen LogP contribution in [-0.4, -0.2) is 17.7 Å². The minimum Gasteiger partial charge on any atom is -0.354 e. The molecule has 1 amide bonds. The van der Waals surface area contributed by atoms with Crippen molar-refractivity contribution in [2.45, 2.75) is 0 Å². The molecule has 0 atom stereocenters. The van der Waals surface area contributed by atoms with E-state index in [-0.39, 0.29) is 15.7 Å². The van der Waals surface area contributed by atoms with Crippen LogP contribution in [0.2, 0.25) is 0 Å². The molecule has 1 aromatic heterocycles. The van der Waals surface area contributed by atoms with Gasteiger partial charge in [-0.1, -0.05) is 16.6 Å². The molecule has 0 radical (unpaired) electrons. The second kappa shape index (κ2) is 3.34. The first-order valence-corrected chi connectivity index (χ1v) is 4.34. The average molecular weight is 210 g/mol. The van der Waals surface area contributed by atoms with E-state index in [1.807, 2.05) is 0 Å². The number of aromatic nitrogens is 1. The van der Waals surface area contributed by atoms with Gasteiger partial charge in [0.05, 0.1) is 5.52 Å². The van der Waals surface area contributed by atoms with E-state index in [1.165, 1.54) is 19.2 Å². The minimum atomic E-state index is -0.840. The van der Waals surface area contributed by atoms with Crippen LogP contribution in [0.3, 0.4) is 0 Å². The van der Waals surface area contributed by atoms with Crippen molar-refractivity contribution in [3.8, 4) is 0 Å². The molecule has 0 unspecified atom stereocenters. The van der Waals surface area contributed by atoms with E-state index < -0.39 is 17.4 Å². The number of carbonyl (C=O) groups excluding carboxylic acids is 1. The fraction of sp³-hybridized carbons (Fsp3) is 0.100. The highest BCUT2D eigenvalue weighted by molar-refractivity contribution is 5.98. The molecule has 0 fully saturated rings. The van der Waals surface area contributed by atoms with Crippen LogP contribution in [0.4, 0.5) is 8.87 Å². The summed E-state index contributed by atoms with van der Waals surface area (Å²) in [7, 11) is 1.32. The van der Waals surface area contributed by atoms with Gasteiger partial charge in [0, 0.05) is 12.4 Å². The molecule has 0 spiro atoms. The molecule has 0 bridgehead atoms. The fourth-order valence-corrected chi connectivity index (χ4v) is 1.47. The Bertz CT molecular complexity index is 494. The Kier molecular flexibility index (Phi) is 2.15. The molecule has 15 heavy (non-hydrogen) atoms. The van der Waals surface area contributed by atoms with Gasteiger partial charge in [0.25, 0.3) is 5.91 Å². The minimum absolute atomic E-state index is 0.0496. The first-order valence-electron chi connectivity index (χ1n) is 4.34. The van der Waals surface area contributed by atoms with Crippen LogP contribution in [0.15, 0.2) is 24.3 Å². The Morgan fingerprint density at radius 2 is 2.07 bits per heavy atom. The number of para-hydroxylation sites is 1. The number of carbonyl (C=O) groups is 1. The molecule has 1 N–H and O–H groups in total. The lowest BCUT2D eigenvalue weighted by molar-refractivity contribution is 0.0940. The van der Waals surface area contributed by atoms with Gasteiger partial charge in [0.2, 0.25) is 0 Å². The largest absolute Gasteiger partial charge is 0.354 e. The van der Waals surface area contributed by atoms with Crippen molar-refractivity contribution in [1.29, 1.82) is 0 Å². The predicted molar refractivity (Wildman–Crippen MR) is 51.8 cm³/mol. The summed E-state index contributed by atoms with van der Waals surface area (Å²) >= 11 is 0. The van der Waals surface area contributed by atoms with Crippen molar-refractivity contribution in [2.24, 2.45) is 0 Å². The lowest BCUT2D eigenvalue weighted by Crippen LogP contribution is -2.21. The Labute approximate surface area is 84.2 Å². The van der Waals surface area contributed by atoms with Gasteiger partial charge in [-0.05, 0) is 12.1 Å². The van der Waals surface area contributed by atoms with Crippen LogP contribution in [0.5, 0.6) is 0 Å². The molecule has 2 aromatic rings. The lowest BCUT2D eigenvalue weighted by atomic mass is 10.2. The van der Waals surface area contributed by atoms with Crippen LogP contribution in [-0.2, 0) is 0 Å². The summed E-state index contributed by atoms with van der Waals surface area (Å²) in [6.45, 7) is 0. The van der Waals surface area contributed by atoms with Crippen LogP contribution >= 0.6 is 0 Å². The van der Waals surface area contributed by atoms with Crippen LogP contribution in [0.1, 0.15) is 10.5 Å². The molecular formula is C10H8F2N2O. The molecule has 0 saturated heterocycles. The Morgan fingerprint density at radius 1 is 1.40 bits per heavy atom. The first kappa shape index (κ1) is 9.64. The maximum Gasteiger partial charge on any atom is 0.273 e. The summed E-state index contributed by atoms with van der Waals surface area (Å²) < 4.78 is 27.1. The third-order valence-electron chi connectivity index (χ3n) is 2.20. The SMILES string of the molecule is CNC(=O)c1c(F)c2ccccc2n1F. The van der Waals surface area contributed by atoms with Gasteiger partial charge in [0.15, 0.2) is 11.5 Å². The van der Waals surface area contributed by atoms with E-state index in [0.29, 0.717) is 0 Å². The molecule has 1 aromatic carbocycles. The second-order valence-corrected chi connectivity index (χ2v) is 3.04. The van der Waals surface area contributed by atoms with Gasteiger partial charge in [-0.25, -0.2) is 4.39 Å². The van der Waals surface area contributed by atoms with Crippen molar-refractivity contribution >= 4 is 16.8 Å². The van der Waals surface area contributed by atoms with E-state index in [9.17, 15) is 13.7 Å². The summed E-state index contributed by atoms with van der Waals surface area (Å²) in [6.07, 6.45) is 0. The zero-order valence-electron chi connectivity index (χ0n) is 7.92. The summed E-state index contributed by atoms with van der Waals surface area (Å²) in [4.78, 5) is 11.3. The Morgan fingerprint density at radius 3 is 2.67 bits per heavy atom. The second-order valence-electron chi connectivity index (χ2n) is 3.04. The summed E-state index contributed by atoms with van der Waals surface area (Å²) in [5, 5.41) is 2.28. The number of fused-ring (bicyclic) bond motifs is 1. The molecule has 3 nitrogen and oxygen atoms in total. The fourth-order valence-electron chi connectivity index (χ4n) is 1.47. The number of amides is 1. The predicted octanol–water partition coefficient (Wildman–Crippen LogP) is 1.87. The highest BCUT2D eigenvalue weighted by Gasteiger charge is 2.22. The summed E-state index contributed by atoms with van der Waals surface area (Å²) in [5.74, 6) is -1.63. The van der Waals surface area contributed by atoms with Crippen LogP contribution in [0, 0.1) is 5.82 Å². The molecule has 0 aliphatic carbocycles.